The van der Waals surface area contributed by atoms with E-state index in [2.05, 4.69) is 21.0 Å². The summed E-state index contributed by atoms with van der Waals surface area (Å²) in [6.07, 6.45) is 19.7. The van der Waals surface area contributed by atoms with Crippen LogP contribution in [0.2, 0.25) is 0 Å². The summed E-state index contributed by atoms with van der Waals surface area (Å²) >= 11 is 0. The highest BCUT2D eigenvalue weighted by molar-refractivity contribution is 7.86. The van der Waals surface area contributed by atoms with Crippen molar-refractivity contribution in [2.24, 2.45) is 0 Å². The van der Waals surface area contributed by atoms with Crippen molar-refractivity contribution in [2.45, 2.75) is 109 Å². The van der Waals surface area contributed by atoms with Gasteiger partial charge in [0.15, 0.2) is 0 Å². The summed E-state index contributed by atoms with van der Waals surface area (Å²) in [7, 11) is -1.38. The van der Waals surface area contributed by atoms with Gasteiger partial charge in [0, 0.05) is 6.92 Å². The van der Waals surface area contributed by atoms with Gasteiger partial charge in [-0.1, -0.05) is 84.0 Å². The molecule has 0 heterocycles. The van der Waals surface area contributed by atoms with E-state index >= 15 is 0 Å². The number of carbonyl (C=O) groups is 1. The zero-order chi connectivity index (χ0) is 25.8. The number of carbonyl (C=O) groups excluding carboxylic acids is 1. The Hall–Kier alpha value is -0.870. The van der Waals surface area contributed by atoms with Gasteiger partial charge < -0.3 is 9.22 Å². The van der Waals surface area contributed by atoms with Crippen LogP contribution in [-0.4, -0.2) is 62.7 Å². The summed E-state index contributed by atoms with van der Waals surface area (Å²) in [6.45, 7) is 6.40. The lowest BCUT2D eigenvalue weighted by atomic mass is 10.0. The Morgan fingerprint density at radius 1 is 0.788 bits per heavy atom. The van der Waals surface area contributed by atoms with Crippen molar-refractivity contribution in [3.8, 4) is 0 Å². The maximum atomic E-state index is 10.8. The second-order valence-corrected chi connectivity index (χ2v) is 10.7. The van der Waals surface area contributed by atoms with Crippen molar-refractivity contribution in [3.05, 3.63) is 0 Å². The van der Waals surface area contributed by atoms with E-state index in [0.29, 0.717) is 6.61 Å². The van der Waals surface area contributed by atoms with Gasteiger partial charge in [0.25, 0.3) is 0 Å². The SMILES string of the molecule is CCCCCCCCCCCCCCCC[N+](C)(C)CCOC(C)=O.O=S(=O)(O)C(F)(F)F. The number of nitrogens with zero attached hydrogens (tertiary/aromatic N) is 1. The molecule has 0 spiro atoms. The van der Waals surface area contributed by atoms with Crippen molar-refractivity contribution in [1.82, 2.24) is 0 Å². The number of alkyl halides is 3. The van der Waals surface area contributed by atoms with Crippen LogP contribution in [0.25, 0.3) is 0 Å². The Kier molecular flexibility index (Phi) is 20.2. The molecule has 0 aromatic carbocycles. The molecule has 33 heavy (non-hydrogen) atoms. The Balaban J connectivity index is 0. The lowest BCUT2D eigenvalue weighted by molar-refractivity contribution is -0.890. The summed E-state index contributed by atoms with van der Waals surface area (Å²) in [4.78, 5) is 10.8. The smallest absolute Gasteiger partial charge is 0.460 e. The molecular formula is C23H47F3NO5S+. The second kappa shape index (κ2) is 19.4. The minimum atomic E-state index is -5.84. The second-order valence-electron chi connectivity index (χ2n) is 9.24. The minimum absolute atomic E-state index is 0.170. The molecule has 0 atom stereocenters. The van der Waals surface area contributed by atoms with Crippen LogP contribution in [0.15, 0.2) is 0 Å². The van der Waals surface area contributed by atoms with Crippen LogP contribution >= 0.6 is 0 Å². The largest absolute Gasteiger partial charge is 0.522 e. The van der Waals surface area contributed by atoms with Crippen molar-refractivity contribution in [3.63, 3.8) is 0 Å². The molecular weight excluding hydrogens is 459 g/mol. The van der Waals surface area contributed by atoms with Crippen LogP contribution < -0.4 is 0 Å². The normalized spacial score (nSPS) is 12.2. The first-order valence-corrected chi connectivity index (χ1v) is 13.7. The molecule has 0 aliphatic carbocycles. The van der Waals surface area contributed by atoms with Gasteiger partial charge in [0.2, 0.25) is 0 Å². The highest BCUT2D eigenvalue weighted by atomic mass is 32.2. The Morgan fingerprint density at radius 2 is 1.12 bits per heavy atom. The number of rotatable bonds is 18. The summed E-state index contributed by atoms with van der Waals surface area (Å²) in [6, 6.07) is 0. The van der Waals surface area contributed by atoms with Crippen molar-refractivity contribution in [1.29, 1.82) is 0 Å². The van der Waals surface area contributed by atoms with E-state index in [0.717, 1.165) is 11.0 Å². The standard InChI is InChI=1S/C22H46NO2.CHF3O3S/c1-5-6-7-8-9-10-11-12-13-14-15-16-17-18-19-23(3,4)20-21-25-22(2)24;2-1(3,4)8(5,6)7/h5-21H2,1-4H3;(H,5,6,7)/q+1;. The summed E-state index contributed by atoms with van der Waals surface area (Å²) in [5.41, 5.74) is -5.53. The molecule has 0 unspecified atom stereocenters. The minimum Gasteiger partial charge on any atom is -0.460 e. The third-order valence-electron chi connectivity index (χ3n) is 5.41. The summed E-state index contributed by atoms with van der Waals surface area (Å²) < 4.78 is 63.5. The predicted molar refractivity (Wildman–Crippen MR) is 126 cm³/mol. The molecule has 0 aromatic heterocycles. The first-order chi connectivity index (χ1) is 15.2. The molecule has 0 aliphatic heterocycles. The number of esters is 1. The average molecular weight is 507 g/mol. The molecule has 0 bridgehead atoms. The third-order valence-corrected chi connectivity index (χ3v) is 6.00. The fraction of sp³-hybridized carbons (Fsp3) is 0.957. The number of likely N-dealkylation sites (N-methyl/N-ethyl adjacent to an activating group) is 1. The Bertz CT molecular complexity index is 581. The molecule has 0 saturated carbocycles. The molecule has 10 heteroatoms. The number of hydrogen-bond donors (Lipinski definition) is 1. The van der Waals surface area contributed by atoms with E-state index in [1.807, 2.05) is 0 Å². The van der Waals surface area contributed by atoms with Crippen LogP contribution in [-0.2, 0) is 19.6 Å². The molecule has 0 radical (unpaired) electrons. The van der Waals surface area contributed by atoms with Crippen LogP contribution in [0.3, 0.4) is 0 Å². The lowest BCUT2D eigenvalue weighted by Gasteiger charge is -2.29. The molecule has 6 nitrogen and oxygen atoms in total. The van der Waals surface area contributed by atoms with Crippen LogP contribution in [0.1, 0.15) is 104 Å². The van der Waals surface area contributed by atoms with E-state index in [9.17, 15) is 18.0 Å². The summed E-state index contributed by atoms with van der Waals surface area (Å²) in [5.74, 6) is -0.170. The van der Waals surface area contributed by atoms with E-state index in [1.54, 1.807) is 0 Å². The number of halogens is 3. The van der Waals surface area contributed by atoms with Gasteiger partial charge in [-0.3, -0.25) is 9.35 Å². The maximum absolute atomic E-state index is 10.8. The van der Waals surface area contributed by atoms with Gasteiger partial charge >= 0.3 is 21.6 Å². The molecule has 0 aliphatic rings. The van der Waals surface area contributed by atoms with Gasteiger partial charge in [-0.2, -0.15) is 21.6 Å². The van der Waals surface area contributed by atoms with Crippen LogP contribution in [0.5, 0.6) is 0 Å². The van der Waals surface area contributed by atoms with Gasteiger partial charge in [-0.25, -0.2) is 0 Å². The average Bonchev–Trinajstić information content (AvgIpc) is 2.66. The number of unbranched alkanes of at least 4 members (excludes halogenated alkanes) is 13. The van der Waals surface area contributed by atoms with Crippen LogP contribution in [0, 0.1) is 0 Å². The number of quaternary nitrogens is 1. The molecule has 0 rings (SSSR count). The zero-order valence-corrected chi connectivity index (χ0v) is 21.9. The van der Waals surface area contributed by atoms with Gasteiger partial charge in [0.05, 0.1) is 20.6 Å². The molecule has 0 amide bonds. The number of hydrogen-bond acceptors (Lipinski definition) is 4. The van der Waals surface area contributed by atoms with E-state index in [1.165, 1.54) is 103 Å². The fourth-order valence-electron chi connectivity index (χ4n) is 3.28. The highest BCUT2D eigenvalue weighted by Crippen LogP contribution is 2.20. The quantitative estimate of drug-likeness (QED) is 0.0754. The van der Waals surface area contributed by atoms with Gasteiger partial charge in [-0.05, 0) is 12.8 Å². The Labute approximate surface area is 199 Å². The monoisotopic (exact) mass is 506 g/mol. The predicted octanol–water partition coefficient (Wildman–Crippen LogP) is 6.50. The molecule has 1 N–H and O–H groups in total. The van der Waals surface area contributed by atoms with Crippen molar-refractivity contribution < 1.29 is 40.2 Å². The zero-order valence-electron chi connectivity index (χ0n) is 21.1. The highest BCUT2D eigenvalue weighted by Gasteiger charge is 2.44. The van der Waals surface area contributed by atoms with Crippen molar-refractivity contribution in [2.75, 3.05) is 33.8 Å². The van der Waals surface area contributed by atoms with E-state index in [4.69, 9.17) is 17.7 Å². The topological polar surface area (TPSA) is 80.7 Å². The first-order valence-electron chi connectivity index (χ1n) is 12.2. The third kappa shape index (κ3) is 25.6. The van der Waals surface area contributed by atoms with E-state index in [-0.39, 0.29) is 5.97 Å². The van der Waals surface area contributed by atoms with E-state index < -0.39 is 15.6 Å². The fourth-order valence-corrected chi connectivity index (χ4v) is 3.28. The molecule has 0 aromatic rings. The van der Waals surface area contributed by atoms with Gasteiger partial charge in [-0.15, -0.1) is 0 Å². The maximum Gasteiger partial charge on any atom is 0.522 e. The summed E-state index contributed by atoms with van der Waals surface area (Å²) in [5, 5.41) is 0. The molecule has 200 valence electrons. The first kappa shape index (κ1) is 34.3. The number of ether oxygens (including phenoxy) is 1. The lowest BCUT2D eigenvalue weighted by Crippen LogP contribution is -2.43. The van der Waals surface area contributed by atoms with Crippen molar-refractivity contribution >= 4 is 16.1 Å². The van der Waals surface area contributed by atoms with Crippen LogP contribution in [0.4, 0.5) is 13.2 Å². The molecule has 0 saturated heterocycles. The Morgan fingerprint density at radius 3 is 1.42 bits per heavy atom. The molecule has 0 fully saturated rings. The van der Waals surface area contributed by atoms with Gasteiger partial charge in [0.1, 0.15) is 13.2 Å².